The minimum atomic E-state index is -3.35. The lowest BCUT2D eigenvalue weighted by Crippen LogP contribution is -2.45. The molecule has 2 atom stereocenters. The first-order chi connectivity index (χ1) is 8.43. The molecule has 100 valence electrons. The molecular formula is C13H18BrNO2S. The predicted molar refractivity (Wildman–Crippen MR) is 75.9 cm³/mol. The van der Waals surface area contributed by atoms with E-state index in [2.05, 4.69) is 22.9 Å². The lowest BCUT2D eigenvalue weighted by molar-refractivity contribution is 0.202. The maximum atomic E-state index is 12.6. The summed E-state index contributed by atoms with van der Waals surface area (Å²) < 4.78 is 27.7. The smallest absolute Gasteiger partial charge is 0.207 e. The molecule has 1 fully saturated rings. The third-order valence-corrected chi connectivity index (χ3v) is 6.27. The van der Waals surface area contributed by atoms with E-state index in [0.29, 0.717) is 17.4 Å². The number of hydrogen-bond donors (Lipinski definition) is 0. The average Bonchev–Trinajstić information content (AvgIpc) is 2.33. The summed E-state index contributed by atoms with van der Waals surface area (Å²) in [6.07, 6.45) is 2.05. The number of rotatable bonds is 2. The Bertz CT molecular complexity index is 512. The zero-order valence-corrected chi connectivity index (χ0v) is 13.0. The number of benzene rings is 1. The molecule has 1 aromatic rings. The molecule has 0 amide bonds. The normalized spacial score (nSPS) is 26.2. The number of halogens is 1. The fraction of sp³-hybridized carbons (Fsp3) is 0.538. The van der Waals surface area contributed by atoms with Crippen LogP contribution in [-0.2, 0) is 10.0 Å². The molecule has 0 N–H and O–H groups in total. The van der Waals surface area contributed by atoms with Crippen LogP contribution in [0.4, 0.5) is 0 Å². The molecule has 2 rings (SSSR count). The Morgan fingerprint density at radius 2 is 1.83 bits per heavy atom. The van der Waals surface area contributed by atoms with Gasteiger partial charge in [-0.1, -0.05) is 22.9 Å². The Hall–Kier alpha value is -0.390. The first-order valence-corrected chi connectivity index (χ1v) is 8.43. The van der Waals surface area contributed by atoms with Gasteiger partial charge in [0, 0.05) is 17.1 Å². The Balaban J connectivity index is 2.33. The van der Waals surface area contributed by atoms with Gasteiger partial charge >= 0.3 is 0 Å². The zero-order valence-electron chi connectivity index (χ0n) is 10.6. The van der Waals surface area contributed by atoms with Crippen molar-refractivity contribution in [3.05, 3.63) is 28.7 Å². The number of hydrogen-bond acceptors (Lipinski definition) is 2. The van der Waals surface area contributed by atoms with Gasteiger partial charge in [-0.2, -0.15) is 4.31 Å². The molecule has 0 aliphatic carbocycles. The van der Waals surface area contributed by atoms with Crippen molar-refractivity contribution in [2.24, 2.45) is 5.92 Å². The Morgan fingerprint density at radius 1 is 1.22 bits per heavy atom. The van der Waals surface area contributed by atoms with E-state index in [1.165, 1.54) is 0 Å². The quantitative estimate of drug-likeness (QED) is 0.834. The summed E-state index contributed by atoms with van der Waals surface area (Å²) in [4.78, 5) is 0.381. The summed E-state index contributed by atoms with van der Waals surface area (Å²) in [5, 5.41) is 0. The highest BCUT2D eigenvalue weighted by molar-refractivity contribution is 9.10. The largest absolute Gasteiger partial charge is 0.243 e. The molecule has 1 aromatic carbocycles. The lowest BCUT2D eigenvalue weighted by Gasteiger charge is -2.36. The van der Waals surface area contributed by atoms with Crippen LogP contribution in [0.25, 0.3) is 0 Å². The van der Waals surface area contributed by atoms with E-state index in [1.54, 1.807) is 28.6 Å². The van der Waals surface area contributed by atoms with Crippen molar-refractivity contribution in [2.45, 2.75) is 37.6 Å². The molecule has 3 nitrogen and oxygen atoms in total. The summed E-state index contributed by atoms with van der Waals surface area (Å²) >= 11 is 3.32. The number of piperidine rings is 1. The van der Waals surface area contributed by atoms with Crippen molar-refractivity contribution < 1.29 is 8.42 Å². The van der Waals surface area contributed by atoms with Gasteiger partial charge in [-0.05, 0) is 49.9 Å². The molecule has 0 radical (unpaired) electrons. The van der Waals surface area contributed by atoms with Crippen molar-refractivity contribution in [1.82, 2.24) is 4.31 Å². The molecule has 2 unspecified atom stereocenters. The SMILES string of the molecule is CC1CCCN(S(=O)(=O)c2ccc(Br)cc2)C1C. The van der Waals surface area contributed by atoms with Gasteiger partial charge in [-0.15, -0.1) is 0 Å². The molecular weight excluding hydrogens is 314 g/mol. The first kappa shape index (κ1) is 14.0. The third kappa shape index (κ3) is 2.63. The number of sulfonamides is 1. The van der Waals surface area contributed by atoms with Gasteiger partial charge < -0.3 is 0 Å². The van der Waals surface area contributed by atoms with Gasteiger partial charge in [-0.3, -0.25) is 0 Å². The van der Waals surface area contributed by atoms with Crippen LogP contribution in [-0.4, -0.2) is 25.3 Å². The molecule has 0 saturated carbocycles. The molecule has 18 heavy (non-hydrogen) atoms. The Labute approximate surface area is 117 Å². The molecule has 1 saturated heterocycles. The second kappa shape index (κ2) is 5.31. The highest BCUT2D eigenvalue weighted by Crippen LogP contribution is 2.29. The van der Waals surface area contributed by atoms with Crippen molar-refractivity contribution in [3.8, 4) is 0 Å². The minimum Gasteiger partial charge on any atom is -0.207 e. The lowest BCUT2D eigenvalue weighted by atomic mass is 9.94. The highest BCUT2D eigenvalue weighted by Gasteiger charge is 2.34. The van der Waals surface area contributed by atoms with Crippen LogP contribution >= 0.6 is 15.9 Å². The first-order valence-electron chi connectivity index (χ1n) is 6.20. The molecule has 1 aliphatic rings. The van der Waals surface area contributed by atoms with E-state index in [9.17, 15) is 8.42 Å². The summed E-state index contributed by atoms with van der Waals surface area (Å²) in [5.41, 5.74) is 0. The standard InChI is InChI=1S/C13H18BrNO2S/c1-10-4-3-9-15(11(10)2)18(16,17)13-7-5-12(14)6-8-13/h5-8,10-11H,3-4,9H2,1-2H3. The molecule has 0 spiro atoms. The fourth-order valence-electron chi connectivity index (χ4n) is 2.38. The van der Waals surface area contributed by atoms with Crippen molar-refractivity contribution in [3.63, 3.8) is 0 Å². The van der Waals surface area contributed by atoms with E-state index in [4.69, 9.17) is 0 Å². The average molecular weight is 332 g/mol. The second-order valence-corrected chi connectivity index (χ2v) is 7.74. The summed E-state index contributed by atoms with van der Waals surface area (Å²) in [6, 6.07) is 6.93. The zero-order chi connectivity index (χ0) is 13.3. The van der Waals surface area contributed by atoms with Crippen LogP contribution in [0, 0.1) is 5.92 Å². The monoisotopic (exact) mass is 331 g/mol. The highest BCUT2D eigenvalue weighted by atomic mass is 79.9. The van der Waals surface area contributed by atoms with E-state index in [-0.39, 0.29) is 6.04 Å². The van der Waals surface area contributed by atoms with Crippen molar-refractivity contribution in [1.29, 1.82) is 0 Å². The van der Waals surface area contributed by atoms with Crippen molar-refractivity contribution in [2.75, 3.05) is 6.54 Å². The van der Waals surface area contributed by atoms with Gasteiger partial charge in [0.25, 0.3) is 0 Å². The summed E-state index contributed by atoms with van der Waals surface area (Å²) in [5.74, 6) is 0.420. The van der Waals surface area contributed by atoms with E-state index >= 15 is 0 Å². The molecule has 5 heteroatoms. The van der Waals surface area contributed by atoms with Gasteiger partial charge in [0.1, 0.15) is 0 Å². The summed E-state index contributed by atoms with van der Waals surface area (Å²) in [7, 11) is -3.35. The molecule has 0 bridgehead atoms. The maximum Gasteiger partial charge on any atom is 0.243 e. The molecule has 1 heterocycles. The topological polar surface area (TPSA) is 37.4 Å². The van der Waals surface area contributed by atoms with Crippen LogP contribution in [0.5, 0.6) is 0 Å². The molecule has 0 aromatic heterocycles. The Morgan fingerprint density at radius 3 is 2.44 bits per heavy atom. The fourth-order valence-corrected chi connectivity index (χ4v) is 4.41. The third-order valence-electron chi connectivity index (χ3n) is 3.74. The van der Waals surface area contributed by atoms with E-state index < -0.39 is 10.0 Å². The predicted octanol–water partition coefficient (Wildman–Crippen LogP) is 3.26. The van der Waals surface area contributed by atoms with Crippen LogP contribution in [0.15, 0.2) is 33.6 Å². The van der Waals surface area contributed by atoms with E-state index in [0.717, 1.165) is 17.3 Å². The van der Waals surface area contributed by atoms with Crippen molar-refractivity contribution >= 4 is 26.0 Å². The van der Waals surface area contributed by atoms with E-state index in [1.807, 2.05) is 6.92 Å². The van der Waals surface area contributed by atoms with Crippen LogP contribution < -0.4 is 0 Å². The summed E-state index contributed by atoms with van der Waals surface area (Å²) in [6.45, 7) is 4.75. The Kier molecular flexibility index (Phi) is 4.14. The number of nitrogens with zero attached hydrogens (tertiary/aromatic N) is 1. The van der Waals surface area contributed by atoms with Gasteiger partial charge in [0.15, 0.2) is 0 Å². The second-order valence-electron chi connectivity index (χ2n) is 4.93. The van der Waals surface area contributed by atoms with Gasteiger partial charge in [0.2, 0.25) is 10.0 Å². The van der Waals surface area contributed by atoms with Gasteiger partial charge in [0.05, 0.1) is 4.90 Å². The maximum absolute atomic E-state index is 12.6. The van der Waals surface area contributed by atoms with Crippen LogP contribution in [0.2, 0.25) is 0 Å². The molecule has 1 aliphatic heterocycles. The van der Waals surface area contributed by atoms with Crippen LogP contribution in [0.1, 0.15) is 26.7 Å². The van der Waals surface area contributed by atoms with Crippen LogP contribution in [0.3, 0.4) is 0 Å². The van der Waals surface area contributed by atoms with Gasteiger partial charge in [-0.25, -0.2) is 8.42 Å². The minimum absolute atomic E-state index is 0.0763.